The van der Waals surface area contributed by atoms with Gasteiger partial charge in [0.25, 0.3) is 0 Å². The van der Waals surface area contributed by atoms with Crippen LogP contribution in [0.3, 0.4) is 0 Å². The Labute approximate surface area is 95.9 Å². The lowest BCUT2D eigenvalue weighted by Crippen LogP contribution is -1.96. The van der Waals surface area contributed by atoms with Gasteiger partial charge in [0.1, 0.15) is 11.6 Å². The zero-order valence-electron chi connectivity index (χ0n) is 9.77. The number of nitrogens with zero attached hydrogens (tertiary/aromatic N) is 2. The van der Waals surface area contributed by atoms with Crippen molar-refractivity contribution in [3.8, 4) is 0 Å². The Balaban J connectivity index is 2.03. The second-order valence-electron chi connectivity index (χ2n) is 4.48. The van der Waals surface area contributed by atoms with E-state index in [1.807, 2.05) is 18.2 Å². The van der Waals surface area contributed by atoms with Gasteiger partial charge in [0.05, 0.1) is 0 Å². The number of aromatic nitrogens is 3. The van der Waals surface area contributed by atoms with Crippen molar-refractivity contribution in [2.45, 2.75) is 26.7 Å². The molecule has 0 aliphatic heterocycles. The van der Waals surface area contributed by atoms with Crippen LogP contribution < -0.4 is 0 Å². The Morgan fingerprint density at radius 3 is 2.44 bits per heavy atom. The van der Waals surface area contributed by atoms with E-state index in [1.165, 1.54) is 5.56 Å². The number of benzene rings is 1. The molecule has 0 radical (unpaired) electrons. The van der Waals surface area contributed by atoms with Crippen molar-refractivity contribution in [1.29, 1.82) is 0 Å². The highest BCUT2D eigenvalue weighted by Gasteiger charge is 2.05. The smallest absolute Gasteiger partial charge is 0.134 e. The van der Waals surface area contributed by atoms with E-state index in [0.717, 1.165) is 24.5 Å². The molecule has 0 saturated carbocycles. The maximum Gasteiger partial charge on any atom is 0.134 e. The highest BCUT2D eigenvalue weighted by Crippen LogP contribution is 2.07. The Kier molecular flexibility index (Phi) is 3.34. The molecule has 3 nitrogen and oxygen atoms in total. The van der Waals surface area contributed by atoms with Gasteiger partial charge in [-0.05, 0) is 11.5 Å². The molecule has 2 rings (SSSR count). The average molecular weight is 215 g/mol. The summed E-state index contributed by atoms with van der Waals surface area (Å²) in [5.74, 6) is 2.54. The number of H-pyrrole nitrogens is 1. The first-order chi connectivity index (χ1) is 7.74. The van der Waals surface area contributed by atoms with Crippen LogP contribution in [0.15, 0.2) is 30.3 Å². The summed E-state index contributed by atoms with van der Waals surface area (Å²) in [7, 11) is 0. The summed E-state index contributed by atoms with van der Waals surface area (Å²) < 4.78 is 0. The van der Waals surface area contributed by atoms with E-state index >= 15 is 0 Å². The number of aromatic amines is 1. The van der Waals surface area contributed by atoms with E-state index in [-0.39, 0.29) is 0 Å². The predicted molar refractivity (Wildman–Crippen MR) is 64.2 cm³/mol. The molecule has 1 aromatic heterocycles. The molecule has 2 aromatic rings. The fourth-order valence-electron chi connectivity index (χ4n) is 1.68. The molecule has 0 amide bonds. The van der Waals surface area contributed by atoms with Crippen LogP contribution >= 0.6 is 0 Å². The molecule has 84 valence electrons. The first-order valence-corrected chi connectivity index (χ1v) is 5.68. The fourth-order valence-corrected chi connectivity index (χ4v) is 1.68. The van der Waals surface area contributed by atoms with E-state index in [4.69, 9.17) is 0 Å². The molecular formula is C13H17N3. The van der Waals surface area contributed by atoms with E-state index in [1.54, 1.807) is 0 Å². The Morgan fingerprint density at radius 2 is 1.75 bits per heavy atom. The van der Waals surface area contributed by atoms with E-state index in [2.05, 4.69) is 41.2 Å². The summed E-state index contributed by atoms with van der Waals surface area (Å²) >= 11 is 0. The number of hydrogen-bond acceptors (Lipinski definition) is 2. The summed E-state index contributed by atoms with van der Waals surface area (Å²) in [4.78, 5) is 3.27. The first kappa shape index (κ1) is 10.9. The van der Waals surface area contributed by atoms with Crippen LogP contribution in [0.2, 0.25) is 0 Å². The second-order valence-corrected chi connectivity index (χ2v) is 4.48. The van der Waals surface area contributed by atoms with Crippen LogP contribution in [0.4, 0.5) is 0 Å². The molecule has 0 aliphatic carbocycles. The highest BCUT2D eigenvalue weighted by atomic mass is 15.2. The predicted octanol–water partition coefficient (Wildman–Crippen LogP) is 2.59. The Hall–Kier alpha value is -1.64. The molecule has 0 aliphatic rings. The van der Waals surface area contributed by atoms with Gasteiger partial charge in [0, 0.05) is 12.8 Å². The van der Waals surface area contributed by atoms with Gasteiger partial charge in [-0.1, -0.05) is 44.2 Å². The van der Waals surface area contributed by atoms with Gasteiger partial charge >= 0.3 is 0 Å². The number of hydrogen-bond donors (Lipinski definition) is 1. The summed E-state index contributed by atoms with van der Waals surface area (Å²) in [6.07, 6.45) is 1.79. The van der Waals surface area contributed by atoms with Crippen molar-refractivity contribution >= 4 is 0 Å². The zero-order chi connectivity index (χ0) is 11.4. The summed E-state index contributed by atoms with van der Waals surface area (Å²) in [5, 5.41) is 8.31. The van der Waals surface area contributed by atoms with Crippen LogP contribution in [0, 0.1) is 5.92 Å². The quantitative estimate of drug-likeness (QED) is 0.851. The normalized spacial score (nSPS) is 10.9. The molecule has 1 heterocycles. The van der Waals surface area contributed by atoms with Gasteiger partial charge in [-0.3, -0.25) is 0 Å². The van der Waals surface area contributed by atoms with Crippen LogP contribution in [-0.4, -0.2) is 15.2 Å². The van der Waals surface area contributed by atoms with Gasteiger partial charge in [0.15, 0.2) is 0 Å². The van der Waals surface area contributed by atoms with E-state index in [9.17, 15) is 0 Å². The molecule has 0 bridgehead atoms. The first-order valence-electron chi connectivity index (χ1n) is 5.68. The maximum atomic E-state index is 4.16. The lowest BCUT2D eigenvalue weighted by Gasteiger charge is -1.99. The monoisotopic (exact) mass is 215 g/mol. The number of rotatable bonds is 4. The van der Waals surface area contributed by atoms with Gasteiger partial charge in [-0.25, -0.2) is 0 Å². The topological polar surface area (TPSA) is 41.6 Å². The lowest BCUT2D eigenvalue weighted by molar-refractivity contribution is 0.622. The molecule has 0 atom stereocenters. The van der Waals surface area contributed by atoms with Crippen LogP contribution in [0.5, 0.6) is 0 Å². The third kappa shape index (κ3) is 2.92. The van der Waals surface area contributed by atoms with E-state index in [0.29, 0.717) is 5.92 Å². The van der Waals surface area contributed by atoms with Crippen LogP contribution in [-0.2, 0) is 12.8 Å². The molecule has 0 saturated heterocycles. The van der Waals surface area contributed by atoms with Gasteiger partial charge in [-0.15, -0.1) is 10.2 Å². The highest BCUT2D eigenvalue weighted by molar-refractivity contribution is 5.18. The largest absolute Gasteiger partial charge is 0.329 e. The van der Waals surface area contributed by atoms with Crippen molar-refractivity contribution in [1.82, 2.24) is 15.2 Å². The Morgan fingerprint density at radius 1 is 1.06 bits per heavy atom. The maximum absolute atomic E-state index is 4.16. The minimum Gasteiger partial charge on any atom is -0.329 e. The van der Waals surface area contributed by atoms with Crippen molar-refractivity contribution in [3.63, 3.8) is 0 Å². The van der Waals surface area contributed by atoms with Gasteiger partial charge < -0.3 is 4.98 Å². The summed E-state index contributed by atoms with van der Waals surface area (Å²) in [6.45, 7) is 4.36. The standard InChI is InChI=1S/C13H17N3/c1-10(2)8-12-14-13(16-15-12)9-11-6-4-3-5-7-11/h3-7,10H,8-9H2,1-2H3,(H,14,15,16). The molecule has 16 heavy (non-hydrogen) atoms. The summed E-state index contributed by atoms with van der Waals surface area (Å²) in [6, 6.07) is 10.3. The minimum atomic E-state index is 0.609. The SMILES string of the molecule is CC(C)Cc1nnc(Cc2ccccc2)[nH]1. The third-order valence-electron chi connectivity index (χ3n) is 2.40. The molecular weight excluding hydrogens is 198 g/mol. The number of nitrogens with one attached hydrogen (secondary N) is 1. The van der Waals surface area contributed by atoms with E-state index < -0.39 is 0 Å². The average Bonchev–Trinajstić information content (AvgIpc) is 2.66. The molecule has 0 unspecified atom stereocenters. The lowest BCUT2D eigenvalue weighted by atomic mass is 10.1. The van der Waals surface area contributed by atoms with Crippen molar-refractivity contribution < 1.29 is 0 Å². The molecule has 0 spiro atoms. The molecule has 1 N–H and O–H groups in total. The minimum absolute atomic E-state index is 0.609. The van der Waals surface area contributed by atoms with Gasteiger partial charge in [-0.2, -0.15) is 0 Å². The Bertz CT molecular complexity index is 431. The zero-order valence-corrected chi connectivity index (χ0v) is 9.77. The fraction of sp³-hybridized carbons (Fsp3) is 0.385. The van der Waals surface area contributed by atoms with Crippen molar-refractivity contribution in [2.75, 3.05) is 0 Å². The van der Waals surface area contributed by atoms with Crippen LogP contribution in [0.25, 0.3) is 0 Å². The molecule has 3 heteroatoms. The molecule has 0 fully saturated rings. The van der Waals surface area contributed by atoms with Crippen molar-refractivity contribution in [2.24, 2.45) is 5.92 Å². The molecule has 1 aromatic carbocycles. The third-order valence-corrected chi connectivity index (χ3v) is 2.40. The van der Waals surface area contributed by atoms with Gasteiger partial charge in [0.2, 0.25) is 0 Å². The van der Waals surface area contributed by atoms with Crippen LogP contribution in [0.1, 0.15) is 31.1 Å². The summed E-state index contributed by atoms with van der Waals surface area (Å²) in [5.41, 5.74) is 1.26. The second kappa shape index (κ2) is 4.92. The van der Waals surface area contributed by atoms with Crippen molar-refractivity contribution in [3.05, 3.63) is 47.5 Å².